The first-order valence-corrected chi connectivity index (χ1v) is 11.7. The number of amides is 1. The molecule has 0 bridgehead atoms. The molecule has 1 N–H and O–H groups in total. The van der Waals surface area contributed by atoms with E-state index in [0.717, 1.165) is 0 Å². The minimum absolute atomic E-state index is 0. The van der Waals surface area contributed by atoms with Crippen LogP contribution in [0, 0.1) is 62.9 Å². The molecule has 2 aliphatic rings. The van der Waals surface area contributed by atoms with Crippen LogP contribution < -0.4 is 15.9 Å². The number of benzene rings is 2. The molecule has 2 aliphatic carbocycles. The largest absolute Gasteiger partial charge is 2.00 e. The van der Waals surface area contributed by atoms with Crippen molar-refractivity contribution >= 4 is 30.4 Å². The van der Waals surface area contributed by atoms with Crippen LogP contribution in [0.25, 0.3) is 0 Å². The van der Waals surface area contributed by atoms with Crippen LogP contribution in [0.1, 0.15) is 6.92 Å². The van der Waals surface area contributed by atoms with Gasteiger partial charge in [-0.3, -0.25) is 4.79 Å². The number of hydrogen-bond acceptors (Lipinski definition) is 3. The van der Waals surface area contributed by atoms with Crippen molar-refractivity contribution in [3.8, 4) is 0 Å². The predicted octanol–water partition coefficient (Wildman–Crippen LogP) is 3.55. The second-order valence-electron chi connectivity index (χ2n) is 7.04. The molecule has 0 heterocycles. The molecule has 2 fully saturated rings. The van der Waals surface area contributed by atoms with Gasteiger partial charge >= 0.3 is 23.0 Å². The Kier molecular flexibility index (Phi) is 12.2. The zero-order chi connectivity index (χ0) is 22.8. The SMILES string of the molecule is COC(=O)[C@H](C)NC(=O)[C]1[CH][CH][CH][CH]1.[CH]1[CH][CH][C](P(c2ccccc2)c2ccccc2)[CH]1.[Fe+2]. The molecule has 0 saturated heterocycles. The van der Waals surface area contributed by atoms with Gasteiger partial charge in [0, 0.05) is 5.66 Å². The topological polar surface area (TPSA) is 55.4 Å². The van der Waals surface area contributed by atoms with Gasteiger partial charge in [-0.15, -0.1) is 0 Å². The Morgan fingerprint density at radius 2 is 1.24 bits per heavy atom. The van der Waals surface area contributed by atoms with Gasteiger partial charge in [0.1, 0.15) is 6.04 Å². The molecule has 10 radical (unpaired) electrons. The number of carbonyl (C=O) groups excluding carboxylic acids is 2. The third kappa shape index (κ3) is 8.25. The maximum absolute atomic E-state index is 11.4. The van der Waals surface area contributed by atoms with E-state index in [2.05, 4.69) is 96.4 Å². The minimum atomic E-state index is -0.623. The summed E-state index contributed by atoms with van der Waals surface area (Å²) in [6, 6.07) is 20.9. The number of methoxy groups -OCH3 is 1. The van der Waals surface area contributed by atoms with Gasteiger partial charge < -0.3 is 10.1 Å². The summed E-state index contributed by atoms with van der Waals surface area (Å²) in [6.07, 6.45) is 15.6. The summed E-state index contributed by atoms with van der Waals surface area (Å²) in [6.45, 7) is 1.58. The fourth-order valence-corrected chi connectivity index (χ4v) is 5.46. The molecule has 0 aliphatic heterocycles. The zero-order valence-corrected chi connectivity index (χ0v) is 20.5. The van der Waals surface area contributed by atoms with Gasteiger partial charge in [0.25, 0.3) is 0 Å². The Bertz CT molecular complexity index is 797. The average Bonchev–Trinajstić information content (AvgIpc) is 3.55. The Morgan fingerprint density at radius 1 is 0.788 bits per heavy atom. The quantitative estimate of drug-likeness (QED) is 0.376. The summed E-state index contributed by atoms with van der Waals surface area (Å²) in [5.41, 5.74) is 1.42. The fourth-order valence-electron chi connectivity index (χ4n) is 3.16. The number of rotatable bonds is 6. The first kappa shape index (κ1) is 27.6. The molecule has 168 valence electrons. The predicted molar refractivity (Wildman–Crippen MR) is 130 cm³/mol. The molecule has 33 heavy (non-hydrogen) atoms. The average molecular weight is 499 g/mol. The van der Waals surface area contributed by atoms with E-state index in [-0.39, 0.29) is 23.0 Å². The van der Waals surface area contributed by atoms with E-state index in [1.54, 1.807) is 32.6 Å². The number of esters is 1. The van der Waals surface area contributed by atoms with Gasteiger partial charge in [-0.25, -0.2) is 4.79 Å². The monoisotopic (exact) mass is 499 g/mol. The molecule has 4 nitrogen and oxygen atoms in total. The molecule has 0 spiro atoms. The van der Waals surface area contributed by atoms with Crippen LogP contribution in [-0.2, 0) is 31.4 Å². The van der Waals surface area contributed by atoms with Crippen LogP contribution in [-0.4, -0.2) is 25.0 Å². The summed E-state index contributed by atoms with van der Waals surface area (Å²) in [5, 5.41) is 5.33. The molecule has 2 aromatic rings. The summed E-state index contributed by atoms with van der Waals surface area (Å²) in [7, 11) is 0.876. The van der Waals surface area contributed by atoms with Crippen LogP contribution in [0.15, 0.2) is 60.7 Å². The molecule has 0 aromatic heterocycles. The first-order valence-electron chi connectivity index (χ1n) is 10.3. The second kappa shape index (κ2) is 14.6. The zero-order valence-electron chi connectivity index (χ0n) is 18.5. The molecular formula is C27H26FeNO3P+2. The van der Waals surface area contributed by atoms with Gasteiger partial charge in [0.2, 0.25) is 5.91 Å². The molecule has 1 amide bonds. The molecule has 4 rings (SSSR count). The minimum Gasteiger partial charge on any atom is -0.467 e. The van der Waals surface area contributed by atoms with Crippen LogP contribution in [0.5, 0.6) is 0 Å². The number of nitrogens with one attached hydrogen (secondary N) is 1. The summed E-state index contributed by atoms with van der Waals surface area (Å²) < 4.78 is 4.48. The maximum atomic E-state index is 11.4. The molecule has 0 unspecified atom stereocenters. The summed E-state index contributed by atoms with van der Waals surface area (Å²) in [5.74, 6) is -0.182. The maximum Gasteiger partial charge on any atom is 2.00 e. The Hall–Kier alpha value is -1.67. The number of hydrogen-bond donors (Lipinski definition) is 1. The van der Waals surface area contributed by atoms with Gasteiger partial charge in [0.15, 0.2) is 0 Å². The van der Waals surface area contributed by atoms with E-state index in [4.69, 9.17) is 0 Å². The van der Waals surface area contributed by atoms with Crippen molar-refractivity contribution in [3.05, 3.63) is 124 Å². The Balaban J connectivity index is 0.000000235. The van der Waals surface area contributed by atoms with Gasteiger partial charge in [-0.05, 0) is 76.8 Å². The van der Waals surface area contributed by atoms with E-state index < -0.39 is 19.9 Å². The summed E-state index contributed by atoms with van der Waals surface area (Å²) in [4.78, 5) is 22.4. The van der Waals surface area contributed by atoms with Gasteiger partial charge in [-0.2, -0.15) is 0 Å². The van der Waals surface area contributed by atoms with E-state index >= 15 is 0 Å². The molecule has 2 aromatic carbocycles. The van der Waals surface area contributed by atoms with E-state index in [0.29, 0.717) is 5.92 Å². The molecule has 2 saturated carbocycles. The molecule has 6 heteroatoms. The Labute approximate surface area is 210 Å². The summed E-state index contributed by atoms with van der Waals surface area (Å²) >= 11 is 0. The first-order chi connectivity index (χ1) is 15.6. The number of carbonyl (C=O) groups is 2. The van der Waals surface area contributed by atoms with Crippen molar-refractivity contribution in [3.63, 3.8) is 0 Å². The van der Waals surface area contributed by atoms with Crippen molar-refractivity contribution in [2.24, 2.45) is 0 Å². The fraction of sp³-hybridized carbons (Fsp3) is 0.111. The van der Waals surface area contributed by atoms with E-state index in [1.807, 2.05) is 0 Å². The van der Waals surface area contributed by atoms with Gasteiger partial charge in [0.05, 0.1) is 13.0 Å². The van der Waals surface area contributed by atoms with Crippen molar-refractivity contribution in [2.45, 2.75) is 13.0 Å². The van der Waals surface area contributed by atoms with Crippen LogP contribution in [0.4, 0.5) is 0 Å². The van der Waals surface area contributed by atoms with Crippen LogP contribution in [0.3, 0.4) is 0 Å². The molecule has 1 atom stereocenters. The third-order valence-electron chi connectivity index (χ3n) is 4.76. The van der Waals surface area contributed by atoms with E-state index in [1.165, 1.54) is 23.4 Å². The van der Waals surface area contributed by atoms with E-state index in [9.17, 15) is 9.59 Å². The standard InChI is InChI=1S/C17H14P.C10H12NO3.Fe/c1-3-9-15(10-4-1)18(17-13-7-8-14-17)16-11-5-2-6-12-16;1-7(10(13)14-2)11-9(12)8-5-3-4-6-8;/h1-14H;3-7H,1-2H3,(H,11,12);/q;;+2/t;7-;/m.0./s1. The molecular weight excluding hydrogens is 473 g/mol. The van der Waals surface area contributed by atoms with Gasteiger partial charge in [-0.1, -0.05) is 60.7 Å². The van der Waals surface area contributed by atoms with Crippen LogP contribution in [0.2, 0.25) is 0 Å². The van der Waals surface area contributed by atoms with Crippen molar-refractivity contribution in [1.29, 1.82) is 0 Å². The van der Waals surface area contributed by atoms with Crippen molar-refractivity contribution in [2.75, 3.05) is 7.11 Å². The second-order valence-corrected chi connectivity index (χ2v) is 9.26. The van der Waals surface area contributed by atoms with Crippen LogP contribution >= 0.6 is 7.92 Å². The van der Waals surface area contributed by atoms with Crippen molar-refractivity contribution in [1.82, 2.24) is 5.32 Å². The third-order valence-corrected chi connectivity index (χ3v) is 7.20. The normalized spacial score (nSPS) is 16.9. The van der Waals surface area contributed by atoms with Crippen molar-refractivity contribution < 1.29 is 31.4 Å². The Morgan fingerprint density at radius 3 is 1.70 bits per heavy atom. The number of ether oxygens (including phenoxy) is 1. The smallest absolute Gasteiger partial charge is 0.467 e.